The van der Waals surface area contributed by atoms with E-state index in [0.717, 1.165) is 5.70 Å². The minimum atomic E-state index is 0.102. The highest BCUT2D eigenvalue weighted by Gasteiger charge is 2.16. The molecule has 0 fully saturated rings. The lowest BCUT2D eigenvalue weighted by Gasteiger charge is -2.21. The van der Waals surface area contributed by atoms with Crippen LogP contribution in [-0.2, 0) is 0 Å². The third-order valence-electron chi connectivity index (χ3n) is 1.95. The second-order valence-electron chi connectivity index (χ2n) is 2.92. The van der Waals surface area contributed by atoms with Gasteiger partial charge >= 0.3 is 0 Å². The predicted molar refractivity (Wildman–Crippen MR) is 43.2 cm³/mol. The van der Waals surface area contributed by atoms with Gasteiger partial charge in [0.25, 0.3) is 0 Å². The van der Waals surface area contributed by atoms with Gasteiger partial charge in [0.15, 0.2) is 0 Å². The molecule has 2 nitrogen and oxygen atoms in total. The molecule has 0 bridgehead atoms. The molecular formula is C8H14N2. The summed E-state index contributed by atoms with van der Waals surface area (Å²) in [6.07, 6.45) is 4.02. The first-order chi connectivity index (χ1) is 4.61. The van der Waals surface area contributed by atoms with Gasteiger partial charge in [-0.2, -0.15) is 0 Å². The van der Waals surface area contributed by atoms with E-state index in [1.807, 2.05) is 26.0 Å². The summed E-state index contributed by atoms with van der Waals surface area (Å²) in [5.41, 5.74) is 13.5. The normalized spacial score (nSPS) is 33.1. The smallest absolute Gasteiger partial charge is 0.0310 e. The van der Waals surface area contributed by atoms with Gasteiger partial charge in [0.05, 0.1) is 0 Å². The van der Waals surface area contributed by atoms with E-state index >= 15 is 0 Å². The van der Waals surface area contributed by atoms with E-state index in [9.17, 15) is 0 Å². The van der Waals surface area contributed by atoms with Gasteiger partial charge in [-0.25, -0.2) is 0 Å². The molecule has 56 valence electrons. The van der Waals surface area contributed by atoms with Gasteiger partial charge < -0.3 is 11.5 Å². The minimum Gasteiger partial charge on any atom is -0.402 e. The van der Waals surface area contributed by atoms with Crippen molar-refractivity contribution in [3.8, 4) is 0 Å². The first-order valence-electron chi connectivity index (χ1n) is 3.52. The van der Waals surface area contributed by atoms with E-state index in [-0.39, 0.29) is 6.04 Å². The highest BCUT2D eigenvalue weighted by atomic mass is 14.7. The molecule has 0 aromatic rings. The molecule has 0 aromatic heterocycles. The van der Waals surface area contributed by atoms with Gasteiger partial charge in [0.1, 0.15) is 0 Å². The largest absolute Gasteiger partial charge is 0.402 e. The predicted octanol–water partition coefficient (Wildman–Crippen LogP) is 0.752. The van der Waals surface area contributed by atoms with Crippen molar-refractivity contribution in [1.82, 2.24) is 0 Å². The van der Waals surface area contributed by atoms with Crippen molar-refractivity contribution in [3.05, 3.63) is 23.4 Å². The summed E-state index contributed by atoms with van der Waals surface area (Å²) in [6, 6.07) is 0.102. The Labute approximate surface area is 61.6 Å². The zero-order chi connectivity index (χ0) is 7.72. The van der Waals surface area contributed by atoms with Gasteiger partial charge in [-0.1, -0.05) is 18.6 Å². The second-order valence-corrected chi connectivity index (χ2v) is 2.92. The highest BCUT2D eigenvalue weighted by Crippen LogP contribution is 2.18. The lowest BCUT2D eigenvalue weighted by molar-refractivity contribution is 0.580. The van der Waals surface area contributed by atoms with Gasteiger partial charge in [-0.15, -0.1) is 0 Å². The van der Waals surface area contributed by atoms with E-state index in [1.54, 1.807) is 0 Å². The molecule has 0 saturated heterocycles. The molecule has 1 aliphatic rings. The van der Waals surface area contributed by atoms with Crippen LogP contribution in [0.4, 0.5) is 0 Å². The zero-order valence-corrected chi connectivity index (χ0v) is 6.46. The summed E-state index contributed by atoms with van der Waals surface area (Å²) in [5.74, 6) is 0.295. The quantitative estimate of drug-likeness (QED) is 0.519. The molecule has 2 atom stereocenters. The maximum absolute atomic E-state index is 5.76. The number of nitrogens with two attached hydrogens (primary N) is 2. The Morgan fingerprint density at radius 3 is 2.60 bits per heavy atom. The third-order valence-corrected chi connectivity index (χ3v) is 1.95. The molecule has 0 radical (unpaired) electrons. The molecule has 1 rings (SSSR count). The number of hydrogen-bond donors (Lipinski definition) is 2. The average Bonchev–Trinajstić information content (AvgIpc) is 1.82. The molecule has 2 unspecified atom stereocenters. The van der Waals surface area contributed by atoms with Crippen LogP contribution >= 0.6 is 0 Å². The lowest BCUT2D eigenvalue weighted by Crippen LogP contribution is -2.32. The number of rotatable bonds is 0. The van der Waals surface area contributed by atoms with Crippen LogP contribution in [0.15, 0.2) is 23.4 Å². The molecule has 2 heteroatoms. The zero-order valence-electron chi connectivity index (χ0n) is 6.46. The van der Waals surface area contributed by atoms with Crippen LogP contribution in [0.5, 0.6) is 0 Å². The Morgan fingerprint density at radius 2 is 2.10 bits per heavy atom. The Kier molecular flexibility index (Phi) is 1.81. The molecule has 4 N–H and O–H groups in total. The van der Waals surface area contributed by atoms with Crippen molar-refractivity contribution in [2.24, 2.45) is 17.4 Å². The second kappa shape index (κ2) is 2.46. The van der Waals surface area contributed by atoms with Crippen molar-refractivity contribution >= 4 is 0 Å². The molecule has 0 amide bonds. The molecule has 0 heterocycles. The monoisotopic (exact) mass is 138 g/mol. The van der Waals surface area contributed by atoms with E-state index in [0.29, 0.717) is 5.92 Å². The van der Waals surface area contributed by atoms with Gasteiger partial charge in [0, 0.05) is 17.7 Å². The summed E-state index contributed by atoms with van der Waals surface area (Å²) in [7, 11) is 0. The van der Waals surface area contributed by atoms with Crippen molar-refractivity contribution < 1.29 is 0 Å². The number of allylic oxidation sites excluding steroid dienone is 2. The minimum absolute atomic E-state index is 0.102. The average molecular weight is 138 g/mol. The van der Waals surface area contributed by atoms with Crippen LogP contribution in [0.2, 0.25) is 0 Å². The fourth-order valence-corrected chi connectivity index (χ4v) is 1.11. The first-order valence-corrected chi connectivity index (χ1v) is 3.52. The summed E-state index contributed by atoms with van der Waals surface area (Å²) in [6.45, 7) is 4.05. The van der Waals surface area contributed by atoms with Gasteiger partial charge in [0.2, 0.25) is 0 Å². The molecular weight excluding hydrogens is 124 g/mol. The standard InChI is InChI=1S/C8H14N2/c1-5-3-7(9)6(2)8(10)4-5/h3-4,6-7H,9-10H2,1-2H3. The Bertz CT molecular complexity index is 191. The first kappa shape index (κ1) is 7.35. The molecule has 1 aliphatic carbocycles. The fraction of sp³-hybridized carbons (Fsp3) is 0.500. The van der Waals surface area contributed by atoms with E-state index in [2.05, 4.69) is 0 Å². The van der Waals surface area contributed by atoms with Crippen LogP contribution < -0.4 is 11.5 Å². The fourth-order valence-electron chi connectivity index (χ4n) is 1.11. The van der Waals surface area contributed by atoms with Crippen LogP contribution in [0.3, 0.4) is 0 Å². The molecule has 10 heavy (non-hydrogen) atoms. The van der Waals surface area contributed by atoms with Crippen molar-refractivity contribution in [2.75, 3.05) is 0 Å². The summed E-state index contributed by atoms with van der Waals surface area (Å²) >= 11 is 0. The topological polar surface area (TPSA) is 52.0 Å². The van der Waals surface area contributed by atoms with Crippen molar-refractivity contribution in [3.63, 3.8) is 0 Å². The van der Waals surface area contributed by atoms with Crippen molar-refractivity contribution in [1.29, 1.82) is 0 Å². The van der Waals surface area contributed by atoms with E-state index in [1.165, 1.54) is 5.57 Å². The maximum atomic E-state index is 5.76. The summed E-state index contributed by atoms with van der Waals surface area (Å²) in [4.78, 5) is 0. The van der Waals surface area contributed by atoms with Crippen LogP contribution in [0.25, 0.3) is 0 Å². The lowest BCUT2D eigenvalue weighted by atomic mass is 9.92. The summed E-state index contributed by atoms with van der Waals surface area (Å²) < 4.78 is 0. The molecule has 0 saturated carbocycles. The van der Waals surface area contributed by atoms with Crippen molar-refractivity contribution in [2.45, 2.75) is 19.9 Å². The van der Waals surface area contributed by atoms with Crippen LogP contribution in [0.1, 0.15) is 13.8 Å². The number of hydrogen-bond acceptors (Lipinski definition) is 2. The molecule has 0 aliphatic heterocycles. The third kappa shape index (κ3) is 1.21. The Balaban J connectivity index is 2.85. The van der Waals surface area contributed by atoms with E-state index in [4.69, 9.17) is 11.5 Å². The molecule has 0 spiro atoms. The van der Waals surface area contributed by atoms with Crippen LogP contribution in [-0.4, -0.2) is 6.04 Å². The SMILES string of the molecule is CC1=CC(N)C(C)C(N)=C1. The van der Waals surface area contributed by atoms with Gasteiger partial charge in [-0.3, -0.25) is 0 Å². The molecule has 0 aromatic carbocycles. The maximum Gasteiger partial charge on any atom is 0.0310 e. The van der Waals surface area contributed by atoms with Crippen LogP contribution in [0, 0.1) is 5.92 Å². The Morgan fingerprint density at radius 1 is 1.50 bits per heavy atom. The van der Waals surface area contributed by atoms with Gasteiger partial charge in [-0.05, 0) is 13.0 Å². The Hall–Kier alpha value is -0.760. The highest BCUT2D eigenvalue weighted by molar-refractivity contribution is 5.29. The van der Waals surface area contributed by atoms with E-state index < -0.39 is 0 Å². The summed E-state index contributed by atoms with van der Waals surface area (Å²) in [5, 5.41) is 0.